The molecule has 0 N–H and O–H groups in total. The van der Waals surface area contributed by atoms with Gasteiger partial charge in [0, 0.05) is 6.04 Å². The van der Waals surface area contributed by atoms with E-state index in [0.29, 0.717) is 0 Å². The summed E-state index contributed by atoms with van der Waals surface area (Å²) in [5.41, 5.74) is 0. The third kappa shape index (κ3) is 18.5. The highest BCUT2D eigenvalue weighted by molar-refractivity contribution is 4.82. The second-order valence-corrected chi connectivity index (χ2v) is 8.49. The smallest absolute Gasteiger partial charge is 0.00892 e. The molecule has 1 nitrogen and oxygen atoms in total. The third-order valence-corrected chi connectivity index (χ3v) is 5.67. The first kappa shape index (κ1) is 25.7. The summed E-state index contributed by atoms with van der Waals surface area (Å²) in [4.78, 5) is 2.46. The molecule has 26 heavy (non-hydrogen) atoms. The Kier molecular flexibility index (Phi) is 20.8. The Morgan fingerprint density at radius 3 is 1.50 bits per heavy atom. The molecule has 1 atom stereocenters. The number of unbranched alkanes of at least 4 members (excludes halogenated alkanes) is 13. The predicted molar refractivity (Wildman–Crippen MR) is 121 cm³/mol. The Labute approximate surface area is 167 Å². The minimum atomic E-state index is 0.789. The molecule has 0 aliphatic heterocycles. The van der Waals surface area contributed by atoms with Gasteiger partial charge >= 0.3 is 0 Å². The summed E-state index contributed by atoms with van der Waals surface area (Å²) in [6.45, 7) is 4.59. The van der Waals surface area contributed by atoms with Gasteiger partial charge in [-0.2, -0.15) is 0 Å². The van der Waals surface area contributed by atoms with E-state index in [1.807, 2.05) is 0 Å². The van der Waals surface area contributed by atoms with Crippen molar-refractivity contribution in [2.75, 3.05) is 14.1 Å². The van der Waals surface area contributed by atoms with Gasteiger partial charge in [0.25, 0.3) is 0 Å². The van der Waals surface area contributed by atoms with Crippen molar-refractivity contribution in [2.45, 2.75) is 135 Å². The van der Waals surface area contributed by atoms with Gasteiger partial charge in [-0.1, -0.05) is 103 Å². The van der Waals surface area contributed by atoms with Crippen LogP contribution in [0.25, 0.3) is 0 Å². The van der Waals surface area contributed by atoms with E-state index in [1.54, 1.807) is 0 Å². The summed E-state index contributed by atoms with van der Waals surface area (Å²) in [5.74, 6) is 0. The van der Waals surface area contributed by atoms with Crippen LogP contribution < -0.4 is 0 Å². The number of hydrogen-bond donors (Lipinski definition) is 0. The Hall–Kier alpha value is -0.300. The fourth-order valence-corrected chi connectivity index (χ4v) is 3.75. The fourth-order valence-electron chi connectivity index (χ4n) is 3.75. The number of allylic oxidation sites excluding steroid dienone is 2. The number of nitrogens with zero attached hydrogens (tertiary/aromatic N) is 1. The van der Waals surface area contributed by atoms with E-state index in [1.165, 1.54) is 116 Å². The van der Waals surface area contributed by atoms with Gasteiger partial charge in [0.05, 0.1) is 0 Å². The minimum Gasteiger partial charge on any atom is -0.306 e. The molecule has 0 aromatic heterocycles. The quantitative estimate of drug-likeness (QED) is 0.154. The van der Waals surface area contributed by atoms with Crippen molar-refractivity contribution in [1.82, 2.24) is 4.90 Å². The highest BCUT2D eigenvalue weighted by Gasteiger charge is 2.10. The molecular formula is C25H51N. The SMILES string of the molecule is CCCCCCCCC=CCCCC(CCCCCCCCC)N(C)C. The van der Waals surface area contributed by atoms with E-state index in [0.717, 1.165) is 6.04 Å². The molecule has 0 aromatic carbocycles. The zero-order chi connectivity index (χ0) is 19.3. The molecule has 0 rings (SSSR count). The maximum absolute atomic E-state index is 2.46. The van der Waals surface area contributed by atoms with E-state index in [-0.39, 0.29) is 0 Å². The fraction of sp³-hybridized carbons (Fsp3) is 0.920. The van der Waals surface area contributed by atoms with Crippen molar-refractivity contribution in [3.8, 4) is 0 Å². The van der Waals surface area contributed by atoms with Crippen LogP contribution in [0.3, 0.4) is 0 Å². The summed E-state index contributed by atoms with van der Waals surface area (Å²) < 4.78 is 0. The van der Waals surface area contributed by atoms with Crippen molar-refractivity contribution < 1.29 is 0 Å². The van der Waals surface area contributed by atoms with Gasteiger partial charge in [0.2, 0.25) is 0 Å². The molecule has 156 valence electrons. The molecule has 0 aromatic rings. The molecule has 0 spiro atoms. The Morgan fingerprint density at radius 1 is 0.538 bits per heavy atom. The molecule has 1 heteroatoms. The predicted octanol–water partition coefficient (Wildman–Crippen LogP) is 8.53. The second kappa shape index (κ2) is 21.0. The Bertz CT molecular complexity index is 282. The molecule has 0 saturated heterocycles. The van der Waals surface area contributed by atoms with Gasteiger partial charge in [-0.05, 0) is 52.6 Å². The molecule has 0 bridgehead atoms. The normalized spacial score (nSPS) is 13.1. The van der Waals surface area contributed by atoms with Crippen molar-refractivity contribution in [2.24, 2.45) is 0 Å². The summed E-state index contributed by atoms with van der Waals surface area (Å²) >= 11 is 0. The number of hydrogen-bond acceptors (Lipinski definition) is 1. The largest absolute Gasteiger partial charge is 0.306 e. The molecule has 0 saturated carbocycles. The zero-order valence-electron chi connectivity index (χ0n) is 18.9. The Balaban J connectivity index is 3.54. The Morgan fingerprint density at radius 2 is 0.962 bits per heavy atom. The molecule has 0 aliphatic carbocycles. The molecule has 0 amide bonds. The summed E-state index contributed by atoms with van der Waals surface area (Å²) in [6.07, 6.45) is 30.0. The highest BCUT2D eigenvalue weighted by Crippen LogP contribution is 2.16. The van der Waals surface area contributed by atoms with E-state index >= 15 is 0 Å². The van der Waals surface area contributed by atoms with Crippen LogP contribution in [-0.2, 0) is 0 Å². The molecule has 0 aliphatic rings. The van der Waals surface area contributed by atoms with Gasteiger partial charge in [-0.3, -0.25) is 0 Å². The topological polar surface area (TPSA) is 3.24 Å². The maximum Gasteiger partial charge on any atom is 0.00892 e. The van der Waals surface area contributed by atoms with E-state index in [4.69, 9.17) is 0 Å². The standard InChI is InChI=1S/C25H51N/c1-5-7-9-11-13-14-15-16-18-20-22-24-25(26(3)4)23-21-19-17-12-10-8-6-2/h16,18,25H,5-15,17,19-24H2,1-4H3. The monoisotopic (exact) mass is 365 g/mol. The van der Waals surface area contributed by atoms with Crippen LogP contribution >= 0.6 is 0 Å². The first-order valence-corrected chi connectivity index (χ1v) is 12.0. The lowest BCUT2D eigenvalue weighted by Crippen LogP contribution is -2.27. The first-order chi connectivity index (χ1) is 12.7. The van der Waals surface area contributed by atoms with Crippen LogP contribution in [0.5, 0.6) is 0 Å². The second-order valence-electron chi connectivity index (χ2n) is 8.49. The van der Waals surface area contributed by atoms with Crippen molar-refractivity contribution in [3.05, 3.63) is 12.2 Å². The summed E-state index contributed by atoms with van der Waals surface area (Å²) in [5, 5.41) is 0. The lowest BCUT2D eigenvalue weighted by atomic mass is 10.0. The van der Waals surface area contributed by atoms with Gasteiger partial charge in [0.1, 0.15) is 0 Å². The van der Waals surface area contributed by atoms with Gasteiger partial charge < -0.3 is 4.90 Å². The van der Waals surface area contributed by atoms with Gasteiger partial charge in [0.15, 0.2) is 0 Å². The molecule has 0 fully saturated rings. The number of rotatable bonds is 20. The molecule has 0 radical (unpaired) electrons. The first-order valence-electron chi connectivity index (χ1n) is 12.0. The highest BCUT2D eigenvalue weighted by atomic mass is 15.1. The molecular weight excluding hydrogens is 314 g/mol. The van der Waals surface area contributed by atoms with Crippen LogP contribution in [0.4, 0.5) is 0 Å². The summed E-state index contributed by atoms with van der Waals surface area (Å²) in [6, 6.07) is 0.789. The summed E-state index contributed by atoms with van der Waals surface area (Å²) in [7, 11) is 4.53. The lowest BCUT2D eigenvalue weighted by Gasteiger charge is -2.24. The van der Waals surface area contributed by atoms with Crippen molar-refractivity contribution in [3.63, 3.8) is 0 Å². The van der Waals surface area contributed by atoms with Crippen LogP contribution in [0.15, 0.2) is 12.2 Å². The van der Waals surface area contributed by atoms with E-state index in [2.05, 4.69) is 45.0 Å². The molecule has 0 heterocycles. The van der Waals surface area contributed by atoms with Crippen LogP contribution in [0, 0.1) is 0 Å². The zero-order valence-corrected chi connectivity index (χ0v) is 18.9. The van der Waals surface area contributed by atoms with Crippen molar-refractivity contribution >= 4 is 0 Å². The van der Waals surface area contributed by atoms with Crippen LogP contribution in [0.2, 0.25) is 0 Å². The van der Waals surface area contributed by atoms with Crippen LogP contribution in [0.1, 0.15) is 129 Å². The average Bonchev–Trinajstić information content (AvgIpc) is 2.63. The van der Waals surface area contributed by atoms with Crippen LogP contribution in [-0.4, -0.2) is 25.0 Å². The third-order valence-electron chi connectivity index (χ3n) is 5.67. The maximum atomic E-state index is 2.46. The molecule has 1 unspecified atom stereocenters. The van der Waals surface area contributed by atoms with Crippen molar-refractivity contribution in [1.29, 1.82) is 0 Å². The minimum absolute atomic E-state index is 0.789. The van der Waals surface area contributed by atoms with E-state index < -0.39 is 0 Å². The average molecular weight is 366 g/mol. The van der Waals surface area contributed by atoms with Gasteiger partial charge in [-0.25, -0.2) is 0 Å². The van der Waals surface area contributed by atoms with E-state index in [9.17, 15) is 0 Å². The lowest BCUT2D eigenvalue weighted by molar-refractivity contribution is 0.254. The van der Waals surface area contributed by atoms with Gasteiger partial charge in [-0.15, -0.1) is 0 Å².